The van der Waals surface area contributed by atoms with E-state index in [9.17, 15) is 4.79 Å². The zero-order valence-corrected chi connectivity index (χ0v) is 17.9. The average molecular weight is 442 g/mol. The molecule has 0 aliphatic carbocycles. The van der Waals surface area contributed by atoms with Crippen molar-refractivity contribution >= 4 is 36.0 Å². The summed E-state index contributed by atoms with van der Waals surface area (Å²) in [5.41, 5.74) is 5.33. The standard InChI is InChI=1S/C16H34N4O2.HI/c1-11(2)8-9-18-14(17)19-10-13(12(3)4)20-15(21)22-16(5,6)7;/h11-13H,8-10H2,1-7H3,(H,20,21)(H3,17,18,19);1H. The largest absolute Gasteiger partial charge is 0.444 e. The van der Waals surface area contributed by atoms with E-state index in [4.69, 9.17) is 10.5 Å². The molecule has 138 valence electrons. The first-order chi connectivity index (χ1) is 10.0. The lowest BCUT2D eigenvalue weighted by atomic mass is 10.1. The van der Waals surface area contributed by atoms with Gasteiger partial charge in [-0.05, 0) is 39.0 Å². The third-order valence-electron chi connectivity index (χ3n) is 2.99. The number of ether oxygens (including phenoxy) is 1. The third kappa shape index (κ3) is 14.6. The van der Waals surface area contributed by atoms with E-state index in [-0.39, 0.29) is 35.9 Å². The Kier molecular flexibility index (Phi) is 12.5. The molecule has 1 atom stereocenters. The van der Waals surface area contributed by atoms with Crippen LogP contribution in [0.15, 0.2) is 4.99 Å². The Morgan fingerprint density at radius 2 is 1.78 bits per heavy atom. The molecule has 0 saturated heterocycles. The SMILES string of the molecule is CC(C)CCNC(N)=NCC(NC(=O)OC(C)(C)C)C(C)C.I. The van der Waals surface area contributed by atoms with Gasteiger partial charge in [-0.25, -0.2) is 4.79 Å². The van der Waals surface area contributed by atoms with Gasteiger partial charge in [0.1, 0.15) is 5.60 Å². The molecule has 0 aromatic rings. The van der Waals surface area contributed by atoms with E-state index in [1.165, 1.54) is 0 Å². The Bertz CT molecular complexity index is 366. The molecular formula is C16H35IN4O2. The number of aliphatic imine (C=N–C) groups is 1. The summed E-state index contributed by atoms with van der Waals surface area (Å²) >= 11 is 0. The molecule has 0 saturated carbocycles. The lowest BCUT2D eigenvalue weighted by molar-refractivity contribution is 0.0493. The number of alkyl carbamates (subject to hydrolysis) is 1. The first-order valence-corrected chi connectivity index (χ1v) is 8.04. The molecule has 0 aromatic heterocycles. The molecule has 6 nitrogen and oxygen atoms in total. The number of halogens is 1. The lowest BCUT2D eigenvalue weighted by Crippen LogP contribution is -2.44. The monoisotopic (exact) mass is 442 g/mol. The fourth-order valence-electron chi connectivity index (χ4n) is 1.62. The number of carbonyl (C=O) groups excluding carboxylic acids is 1. The van der Waals surface area contributed by atoms with Gasteiger partial charge in [-0.1, -0.05) is 27.7 Å². The minimum atomic E-state index is -0.508. The van der Waals surface area contributed by atoms with E-state index in [0.29, 0.717) is 18.4 Å². The number of hydrogen-bond acceptors (Lipinski definition) is 3. The predicted octanol–water partition coefficient (Wildman–Crippen LogP) is 3.10. The van der Waals surface area contributed by atoms with Crippen molar-refractivity contribution in [2.24, 2.45) is 22.6 Å². The zero-order valence-electron chi connectivity index (χ0n) is 15.6. The second-order valence-electron chi connectivity index (χ2n) is 7.33. The van der Waals surface area contributed by atoms with Crippen molar-refractivity contribution in [2.75, 3.05) is 13.1 Å². The Hall–Kier alpha value is -0.730. The third-order valence-corrected chi connectivity index (χ3v) is 2.99. The molecule has 0 aliphatic rings. The van der Waals surface area contributed by atoms with Gasteiger partial charge in [-0.2, -0.15) is 0 Å². The summed E-state index contributed by atoms with van der Waals surface area (Å²) < 4.78 is 5.27. The van der Waals surface area contributed by atoms with E-state index in [0.717, 1.165) is 13.0 Å². The number of nitrogens with two attached hydrogens (primary N) is 1. The van der Waals surface area contributed by atoms with Crippen LogP contribution in [-0.4, -0.2) is 36.8 Å². The predicted molar refractivity (Wildman–Crippen MR) is 107 cm³/mol. The highest BCUT2D eigenvalue weighted by molar-refractivity contribution is 14.0. The van der Waals surface area contributed by atoms with Crippen molar-refractivity contribution < 1.29 is 9.53 Å². The number of rotatable bonds is 7. The Morgan fingerprint density at radius 1 is 1.22 bits per heavy atom. The van der Waals surface area contributed by atoms with Crippen molar-refractivity contribution in [1.82, 2.24) is 10.6 Å². The summed E-state index contributed by atoms with van der Waals surface area (Å²) in [5.74, 6) is 1.27. The van der Waals surface area contributed by atoms with Crippen molar-refractivity contribution in [3.63, 3.8) is 0 Å². The van der Waals surface area contributed by atoms with Crippen molar-refractivity contribution in [3.05, 3.63) is 0 Å². The van der Waals surface area contributed by atoms with Crippen LogP contribution in [0.2, 0.25) is 0 Å². The molecule has 0 heterocycles. The van der Waals surface area contributed by atoms with E-state index >= 15 is 0 Å². The number of nitrogens with zero attached hydrogens (tertiary/aromatic N) is 1. The van der Waals surface area contributed by atoms with Gasteiger partial charge in [0.2, 0.25) is 0 Å². The van der Waals surface area contributed by atoms with Crippen molar-refractivity contribution in [1.29, 1.82) is 0 Å². The summed E-state index contributed by atoms with van der Waals surface area (Å²) in [7, 11) is 0. The molecule has 1 unspecified atom stereocenters. The van der Waals surface area contributed by atoms with Crippen LogP contribution in [0.3, 0.4) is 0 Å². The molecule has 0 bridgehead atoms. The highest BCUT2D eigenvalue weighted by atomic mass is 127. The van der Waals surface area contributed by atoms with E-state index < -0.39 is 11.7 Å². The summed E-state index contributed by atoms with van der Waals surface area (Å²) in [5, 5.41) is 5.93. The van der Waals surface area contributed by atoms with Crippen LogP contribution in [0.25, 0.3) is 0 Å². The number of guanidine groups is 1. The van der Waals surface area contributed by atoms with Gasteiger partial charge in [0.25, 0.3) is 0 Å². The number of amides is 1. The van der Waals surface area contributed by atoms with Crippen LogP contribution in [0.1, 0.15) is 54.9 Å². The maximum absolute atomic E-state index is 11.8. The van der Waals surface area contributed by atoms with Gasteiger partial charge < -0.3 is 21.1 Å². The maximum atomic E-state index is 11.8. The van der Waals surface area contributed by atoms with Crippen molar-refractivity contribution in [3.8, 4) is 0 Å². The molecule has 1 amide bonds. The second-order valence-corrected chi connectivity index (χ2v) is 7.33. The van der Waals surface area contributed by atoms with Crippen LogP contribution >= 0.6 is 24.0 Å². The normalized spacial score (nSPS) is 13.5. The summed E-state index contributed by atoms with van der Waals surface area (Å²) in [4.78, 5) is 16.1. The van der Waals surface area contributed by atoms with Gasteiger partial charge >= 0.3 is 6.09 Å². The maximum Gasteiger partial charge on any atom is 0.407 e. The fraction of sp³-hybridized carbons (Fsp3) is 0.875. The first-order valence-electron chi connectivity index (χ1n) is 8.04. The molecule has 0 spiro atoms. The summed E-state index contributed by atoms with van der Waals surface area (Å²) in [6.07, 6.45) is 0.618. The Balaban J connectivity index is 0. The molecule has 0 rings (SSSR count). The zero-order chi connectivity index (χ0) is 17.3. The highest BCUT2D eigenvalue weighted by Crippen LogP contribution is 2.09. The molecule has 4 N–H and O–H groups in total. The van der Waals surface area contributed by atoms with Crippen LogP contribution in [0.4, 0.5) is 4.79 Å². The summed E-state index contributed by atoms with van der Waals surface area (Å²) in [6, 6.07) is -0.111. The number of hydrogen-bond donors (Lipinski definition) is 3. The molecule has 0 fully saturated rings. The fourth-order valence-corrected chi connectivity index (χ4v) is 1.62. The Labute approximate surface area is 158 Å². The molecule has 0 aromatic carbocycles. The van der Waals surface area contributed by atoms with Gasteiger partial charge in [0.05, 0.1) is 12.6 Å². The van der Waals surface area contributed by atoms with E-state index in [1.54, 1.807) is 0 Å². The topological polar surface area (TPSA) is 88.7 Å². The van der Waals surface area contributed by atoms with Crippen LogP contribution in [0, 0.1) is 11.8 Å². The quantitative estimate of drug-likeness (QED) is 0.321. The minimum Gasteiger partial charge on any atom is -0.444 e. The van der Waals surface area contributed by atoms with Crippen LogP contribution < -0.4 is 16.4 Å². The average Bonchev–Trinajstić information content (AvgIpc) is 2.31. The summed E-state index contributed by atoms with van der Waals surface area (Å²) in [6.45, 7) is 15.1. The van der Waals surface area contributed by atoms with Gasteiger partial charge in [-0.15, -0.1) is 24.0 Å². The van der Waals surface area contributed by atoms with Crippen LogP contribution in [-0.2, 0) is 4.74 Å². The number of nitrogens with one attached hydrogen (secondary N) is 2. The highest BCUT2D eigenvalue weighted by Gasteiger charge is 2.21. The second kappa shape index (κ2) is 11.8. The van der Waals surface area contributed by atoms with Gasteiger partial charge in [0, 0.05) is 6.54 Å². The molecule has 0 aliphatic heterocycles. The van der Waals surface area contributed by atoms with Gasteiger partial charge in [-0.3, -0.25) is 4.99 Å². The minimum absolute atomic E-state index is 0. The smallest absolute Gasteiger partial charge is 0.407 e. The van der Waals surface area contributed by atoms with Crippen molar-refractivity contribution in [2.45, 2.75) is 66.5 Å². The molecular weight excluding hydrogens is 407 g/mol. The number of carbonyl (C=O) groups is 1. The molecule has 23 heavy (non-hydrogen) atoms. The molecule has 7 heteroatoms. The first kappa shape index (κ1) is 24.5. The van der Waals surface area contributed by atoms with E-state index in [2.05, 4.69) is 29.5 Å². The molecule has 0 radical (unpaired) electrons. The lowest BCUT2D eigenvalue weighted by Gasteiger charge is -2.25. The Morgan fingerprint density at radius 3 is 2.22 bits per heavy atom. The van der Waals surface area contributed by atoms with Crippen LogP contribution in [0.5, 0.6) is 0 Å². The van der Waals surface area contributed by atoms with E-state index in [1.807, 2.05) is 34.6 Å². The van der Waals surface area contributed by atoms with Gasteiger partial charge in [0.15, 0.2) is 5.96 Å².